The van der Waals surface area contributed by atoms with Crippen molar-refractivity contribution in [1.29, 1.82) is 0 Å². The zero-order valence-electron chi connectivity index (χ0n) is 18.1. The van der Waals surface area contributed by atoms with Crippen LogP contribution in [0.25, 0.3) is 0 Å². The summed E-state index contributed by atoms with van der Waals surface area (Å²) in [6.07, 6.45) is 9.03. The quantitative estimate of drug-likeness (QED) is 0.203. The minimum absolute atomic E-state index is 0. The molecule has 2 aliphatic heterocycles. The van der Waals surface area contributed by atoms with Gasteiger partial charge in [-0.1, -0.05) is 19.3 Å². The maximum atomic E-state index is 5.86. The first-order valence-corrected chi connectivity index (χ1v) is 12.5. The molecule has 2 N–H and O–H groups in total. The first-order valence-electron chi connectivity index (χ1n) is 11.4. The second-order valence-electron chi connectivity index (χ2n) is 8.22. The van der Waals surface area contributed by atoms with Crippen molar-refractivity contribution in [3.8, 4) is 0 Å². The van der Waals surface area contributed by atoms with E-state index in [0.717, 1.165) is 58.3 Å². The minimum atomic E-state index is 0. The van der Waals surface area contributed by atoms with Crippen LogP contribution in [0.5, 0.6) is 0 Å². The lowest BCUT2D eigenvalue weighted by molar-refractivity contribution is 0.0419. The van der Waals surface area contributed by atoms with Gasteiger partial charge < -0.3 is 20.1 Å². The highest BCUT2D eigenvalue weighted by Gasteiger charge is 2.38. The molecule has 1 atom stereocenters. The average Bonchev–Trinajstić information content (AvgIpc) is 3.26. The van der Waals surface area contributed by atoms with Crippen LogP contribution in [0, 0.1) is 0 Å². The third-order valence-electron chi connectivity index (χ3n) is 6.20. The van der Waals surface area contributed by atoms with Crippen LogP contribution in [-0.2, 0) is 9.47 Å². The average molecular weight is 541 g/mol. The SMILES string of the molecule is CCNC(=NCC1(N2CCSCC2)CCCCC1)NCCCOC1CCOC1.I. The molecule has 6 nitrogen and oxygen atoms in total. The van der Waals surface area contributed by atoms with Gasteiger partial charge in [-0.2, -0.15) is 11.8 Å². The highest BCUT2D eigenvalue weighted by molar-refractivity contribution is 14.0. The summed E-state index contributed by atoms with van der Waals surface area (Å²) in [7, 11) is 0. The lowest BCUT2D eigenvalue weighted by atomic mass is 9.80. The molecule has 3 rings (SSSR count). The van der Waals surface area contributed by atoms with Crippen molar-refractivity contribution < 1.29 is 9.47 Å². The van der Waals surface area contributed by atoms with Crippen LogP contribution < -0.4 is 10.6 Å². The Bertz CT molecular complexity index is 466. The lowest BCUT2D eigenvalue weighted by Gasteiger charge is -2.47. The molecule has 0 bridgehead atoms. The Morgan fingerprint density at radius 2 is 2.00 bits per heavy atom. The smallest absolute Gasteiger partial charge is 0.191 e. The number of rotatable bonds is 9. The molecule has 0 aromatic rings. The monoisotopic (exact) mass is 540 g/mol. The van der Waals surface area contributed by atoms with Gasteiger partial charge in [0.1, 0.15) is 0 Å². The predicted octanol–water partition coefficient (Wildman–Crippen LogP) is 3.11. The summed E-state index contributed by atoms with van der Waals surface area (Å²) in [5.74, 6) is 3.51. The number of ether oxygens (including phenoxy) is 2. The van der Waals surface area contributed by atoms with Gasteiger partial charge in [-0.05, 0) is 32.6 Å². The van der Waals surface area contributed by atoms with Gasteiger partial charge in [0.2, 0.25) is 0 Å². The summed E-state index contributed by atoms with van der Waals surface area (Å²) in [6, 6.07) is 0. The van der Waals surface area contributed by atoms with Crippen LogP contribution in [0.1, 0.15) is 51.9 Å². The summed E-state index contributed by atoms with van der Waals surface area (Å²) >= 11 is 2.10. The standard InChI is InChI=1S/C21H40N4O2S.HI/c1-2-22-20(23-10-6-13-27-19-7-14-26-17-19)24-18-21(8-4-3-5-9-21)25-11-15-28-16-12-25;/h19H,2-18H2,1H3,(H2,22,23,24);1H. The molecule has 0 spiro atoms. The Morgan fingerprint density at radius 1 is 1.21 bits per heavy atom. The van der Waals surface area contributed by atoms with E-state index in [4.69, 9.17) is 14.5 Å². The van der Waals surface area contributed by atoms with Gasteiger partial charge in [-0.25, -0.2) is 0 Å². The lowest BCUT2D eigenvalue weighted by Crippen LogP contribution is -2.55. The van der Waals surface area contributed by atoms with Crippen LogP contribution >= 0.6 is 35.7 Å². The fraction of sp³-hybridized carbons (Fsp3) is 0.952. The van der Waals surface area contributed by atoms with Crippen LogP contribution in [0.4, 0.5) is 0 Å². The van der Waals surface area contributed by atoms with Crippen molar-refractivity contribution in [2.24, 2.45) is 4.99 Å². The summed E-state index contributed by atoms with van der Waals surface area (Å²) in [5.41, 5.74) is 0.285. The second kappa shape index (κ2) is 14.3. The maximum Gasteiger partial charge on any atom is 0.191 e. The highest BCUT2D eigenvalue weighted by Crippen LogP contribution is 2.35. The van der Waals surface area contributed by atoms with Gasteiger partial charge in [0.15, 0.2) is 5.96 Å². The molecule has 0 amide bonds. The Kier molecular flexibility index (Phi) is 12.6. The van der Waals surface area contributed by atoms with E-state index >= 15 is 0 Å². The Balaban J connectivity index is 0.00000300. The number of halogens is 1. The summed E-state index contributed by atoms with van der Waals surface area (Å²) in [6.45, 7) is 9.70. The van der Waals surface area contributed by atoms with Crippen molar-refractivity contribution in [3.63, 3.8) is 0 Å². The number of hydrogen-bond acceptors (Lipinski definition) is 5. The van der Waals surface area contributed by atoms with E-state index < -0.39 is 0 Å². The molecule has 170 valence electrons. The van der Waals surface area contributed by atoms with Crippen LogP contribution in [0.2, 0.25) is 0 Å². The molecular formula is C21H41IN4O2S. The zero-order chi connectivity index (χ0) is 19.5. The molecule has 8 heteroatoms. The third kappa shape index (κ3) is 8.35. The third-order valence-corrected chi connectivity index (χ3v) is 7.14. The molecule has 1 unspecified atom stereocenters. The molecule has 2 heterocycles. The minimum Gasteiger partial charge on any atom is -0.379 e. The molecular weight excluding hydrogens is 499 g/mol. The normalized spacial score (nSPS) is 25.4. The molecule has 0 aromatic heterocycles. The topological polar surface area (TPSA) is 58.1 Å². The van der Waals surface area contributed by atoms with Crippen molar-refractivity contribution in [3.05, 3.63) is 0 Å². The molecule has 3 fully saturated rings. The first-order chi connectivity index (χ1) is 13.8. The van der Waals surface area contributed by atoms with Gasteiger partial charge in [-0.3, -0.25) is 9.89 Å². The van der Waals surface area contributed by atoms with E-state index in [2.05, 4.69) is 34.2 Å². The van der Waals surface area contributed by atoms with Crippen molar-refractivity contribution in [2.75, 3.05) is 64.1 Å². The fourth-order valence-corrected chi connectivity index (χ4v) is 5.47. The zero-order valence-corrected chi connectivity index (χ0v) is 21.3. The van der Waals surface area contributed by atoms with E-state index in [0.29, 0.717) is 6.10 Å². The highest BCUT2D eigenvalue weighted by atomic mass is 127. The number of guanidine groups is 1. The number of hydrogen-bond donors (Lipinski definition) is 2. The molecule has 29 heavy (non-hydrogen) atoms. The second-order valence-corrected chi connectivity index (χ2v) is 9.44. The van der Waals surface area contributed by atoms with E-state index in [-0.39, 0.29) is 29.5 Å². The van der Waals surface area contributed by atoms with E-state index in [1.165, 1.54) is 56.7 Å². The van der Waals surface area contributed by atoms with Gasteiger partial charge >= 0.3 is 0 Å². The van der Waals surface area contributed by atoms with Crippen molar-refractivity contribution >= 4 is 41.7 Å². The first kappa shape index (κ1) is 25.5. The summed E-state index contributed by atoms with van der Waals surface area (Å²) in [5, 5.41) is 6.94. The van der Waals surface area contributed by atoms with Gasteiger partial charge in [0.25, 0.3) is 0 Å². The number of nitrogens with one attached hydrogen (secondary N) is 2. The molecule has 3 aliphatic rings. The Labute approximate surface area is 198 Å². The van der Waals surface area contributed by atoms with Crippen LogP contribution in [0.3, 0.4) is 0 Å². The molecule has 1 aliphatic carbocycles. The Hall–Kier alpha value is 0.230. The number of thioether (sulfide) groups is 1. The summed E-state index contributed by atoms with van der Waals surface area (Å²) < 4.78 is 11.2. The fourth-order valence-electron chi connectivity index (χ4n) is 4.56. The van der Waals surface area contributed by atoms with E-state index in [1.807, 2.05) is 0 Å². The van der Waals surface area contributed by atoms with E-state index in [1.54, 1.807) is 0 Å². The van der Waals surface area contributed by atoms with Crippen LogP contribution in [-0.4, -0.2) is 86.6 Å². The summed E-state index contributed by atoms with van der Waals surface area (Å²) in [4.78, 5) is 7.80. The molecule has 1 saturated carbocycles. The largest absolute Gasteiger partial charge is 0.379 e. The number of nitrogens with zero attached hydrogens (tertiary/aromatic N) is 2. The maximum absolute atomic E-state index is 5.86. The van der Waals surface area contributed by atoms with Gasteiger partial charge in [-0.15, -0.1) is 24.0 Å². The molecule has 2 saturated heterocycles. The predicted molar refractivity (Wildman–Crippen MR) is 134 cm³/mol. The number of aliphatic imine (C=N–C) groups is 1. The van der Waals surface area contributed by atoms with Crippen molar-refractivity contribution in [1.82, 2.24) is 15.5 Å². The van der Waals surface area contributed by atoms with Gasteiger partial charge in [0, 0.05) is 56.4 Å². The van der Waals surface area contributed by atoms with E-state index in [9.17, 15) is 0 Å². The van der Waals surface area contributed by atoms with Crippen molar-refractivity contribution in [2.45, 2.75) is 63.5 Å². The molecule has 0 aromatic carbocycles. The molecule has 0 radical (unpaired) electrons. The van der Waals surface area contributed by atoms with Crippen LogP contribution in [0.15, 0.2) is 4.99 Å². The Morgan fingerprint density at radius 3 is 2.69 bits per heavy atom. The van der Waals surface area contributed by atoms with Gasteiger partial charge in [0.05, 0.1) is 19.3 Å².